The number of hydrogen-bond donors (Lipinski definition) is 0. The van der Waals surface area contributed by atoms with Gasteiger partial charge in [-0.15, -0.1) is 0 Å². The highest BCUT2D eigenvalue weighted by Crippen LogP contribution is 2.35. The van der Waals surface area contributed by atoms with Gasteiger partial charge >= 0.3 is 11.9 Å². The third-order valence-corrected chi connectivity index (χ3v) is 5.04. The maximum absolute atomic E-state index is 14.3. The molecule has 1 aromatic heterocycles. The minimum Gasteiger partial charge on any atom is -0.461 e. The lowest BCUT2D eigenvalue weighted by molar-refractivity contribution is -0.173. The molecule has 0 atom stereocenters. The average Bonchev–Trinajstić information content (AvgIpc) is 2.84. The van der Waals surface area contributed by atoms with Gasteiger partial charge in [-0.3, -0.25) is 0 Å². The molecule has 0 aliphatic rings. The molecule has 0 spiro atoms. The van der Waals surface area contributed by atoms with Crippen LogP contribution in [0, 0.1) is 13.8 Å². The summed E-state index contributed by atoms with van der Waals surface area (Å²) in [5.41, 5.74) is -1.36. The van der Waals surface area contributed by atoms with Crippen LogP contribution in [0.1, 0.15) is 23.9 Å². The molecule has 0 bridgehead atoms. The molecule has 130 valence electrons. The van der Waals surface area contributed by atoms with E-state index in [1.165, 1.54) is 45.0 Å². The van der Waals surface area contributed by atoms with Gasteiger partial charge < -0.3 is 4.74 Å². The van der Waals surface area contributed by atoms with E-state index in [4.69, 9.17) is 0 Å². The summed E-state index contributed by atoms with van der Waals surface area (Å²) in [6, 6.07) is 7.30. The van der Waals surface area contributed by atoms with Crippen LogP contribution in [0.4, 0.5) is 8.78 Å². The summed E-state index contributed by atoms with van der Waals surface area (Å²) in [5.74, 6) is -5.73. The third-order valence-electron chi connectivity index (χ3n) is 3.37. The summed E-state index contributed by atoms with van der Waals surface area (Å²) < 4.78 is 58.7. The zero-order valence-corrected chi connectivity index (χ0v) is 14.1. The van der Waals surface area contributed by atoms with Gasteiger partial charge in [-0.05, 0) is 32.9 Å². The SMILES string of the molecule is CCOC(=O)C(F)(F)c1c(C)nn(S(=O)(=O)c2ccccc2)c1C. The minimum absolute atomic E-state index is 0.0957. The molecule has 0 aliphatic heterocycles. The number of aryl methyl sites for hydroxylation is 1. The molecular formula is C15H16F2N2O4S. The van der Waals surface area contributed by atoms with Gasteiger partial charge in [-0.25, -0.2) is 4.79 Å². The topological polar surface area (TPSA) is 78.3 Å². The van der Waals surface area contributed by atoms with Crippen LogP contribution in [0.2, 0.25) is 0 Å². The molecule has 2 rings (SSSR count). The number of aromatic nitrogens is 2. The van der Waals surface area contributed by atoms with Gasteiger partial charge in [0.1, 0.15) is 0 Å². The molecule has 9 heteroatoms. The zero-order valence-electron chi connectivity index (χ0n) is 13.3. The Labute approximate surface area is 138 Å². The van der Waals surface area contributed by atoms with E-state index in [1.54, 1.807) is 6.07 Å². The van der Waals surface area contributed by atoms with E-state index in [1.807, 2.05) is 0 Å². The second-order valence-electron chi connectivity index (χ2n) is 5.00. The quantitative estimate of drug-likeness (QED) is 0.767. The van der Waals surface area contributed by atoms with Crippen LogP contribution in [-0.2, 0) is 25.5 Å². The Hall–Kier alpha value is -2.29. The molecule has 0 unspecified atom stereocenters. The monoisotopic (exact) mass is 358 g/mol. The Bertz CT molecular complexity index is 861. The lowest BCUT2D eigenvalue weighted by atomic mass is 10.1. The second kappa shape index (κ2) is 6.31. The predicted molar refractivity (Wildman–Crippen MR) is 81.3 cm³/mol. The number of esters is 1. The zero-order chi connectivity index (χ0) is 18.1. The maximum Gasteiger partial charge on any atom is 0.382 e. The van der Waals surface area contributed by atoms with E-state index in [0.29, 0.717) is 4.09 Å². The number of carbonyl (C=O) groups is 1. The summed E-state index contributed by atoms with van der Waals surface area (Å²) >= 11 is 0. The van der Waals surface area contributed by atoms with Gasteiger partial charge in [0, 0.05) is 0 Å². The van der Waals surface area contributed by atoms with E-state index in [2.05, 4.69) is 9.84 Å². The van der Waals surface area contributed by atoms with Crippen LogP contribution in [0.5, 0.6) is 0 Å². The van der Waals surface area contributed by atoms with Crippen molar-refractivity contribution in [3.63, 3.8) is 0 Å². The fourth-order valence-corrected chi connectivity index (χ4v) is 3.71. The molecule has 0 radical (unpaired) electrons. The van der Waals surface area contributed by atoms with Crippen LogP contribution >= 0.6 is 0 Å². The first kappa shape index (κ1) is 18.1. The van der Waals surface area contributed by atoms with Crippen molar-refractivity contribution in [3.8, 4) is 0 Å². The Morgan fingerprint density at radius 2 is 1.83 bits per heavy atom. The number of ether oxygens (including phenoxy) is 1. The Morgan fingerprint density at radius 1 is 1.25 bits per heavy atom. The third kappa shape index (κ3) is 2.91. The van der Waals surface area contributed by atoms with Crippen LogP contribution in [-0.4, -0.2) is 30.2 Å². The molecule has 0 fully saturated rings. The molecule has 0 aliphatic carbocycles. The van der Waals surface area contributed by atoms with Gasteiger partial charge in [0.15, 0.2) is 0 Å². The first-order chi connectivity index (χ1) is 11.1. The number of carbonyl (C=O) groups excluding carboxylic acids is 1. The van der Waals surface area contributed by atoms with E-state index in [9.17, 15) is 22.0 Å². The number of nitrogens with zero attached hydrogens (tertiary/aromatic N) is 2. The number of hydrogen-bond acceptors (Lipinski definition) is 5. The average molecular weight is 358 g/mol. The molecule has 24 heavy (non-hydrogen) atoms. The Morgan fingerprint density at radius 3 is 2.38 bits per heavy atom. The van der Waals surface area contributed by atoms with E-state index in [-0.39, 0.29) is 22.9 Å². The van der Waals surface area contributed by atoms with Gasteiger partial charge in [-0.1, -0.05) is 18.2 Å². The maximum atomic E-state index is 14.3. The van der Waals surface area contributed by atoms with Crippen molar-refractivity contribution in [2.24, 2.45) is 0 Å². The minimum atomic E-state index is -4.15. The molecule has 2 aromatic rings. The van der Waals surface area contributed by atoms with Crippen molar-refractivity contribution in [2.45, 2.75) is 31.6 Å². The highest BCUT2D eigenvalue weighted by atomic mass is 32.2. The summed E-state index contributed by atoms with van der Waals surface area (Å²) in [5, 5.41) is 3.71. The summed E-state index contributed by atoms with van der Waals surface area (Å²) in [4.78, 5) is 11.4. The van der Waals surface area contributed by atoms with Crippen molar-refractivity contribution >= 4 is 16.0 Å². The first-order valence-corrected chi connectivity index (χ1v) is 8.50. The summed E-state index contributed by atoms with van der Waals surface area (Å²) in [7, 11) is -4.15. The van der Waals surface area contributed by atoms with Crippen LogP contribution in [0.15, 0.2) is 35.2 Å². The number of rotatable bonds is 5. The van der Waals surface area contributed by atoms with E-state index in [0.717, 1.165) is 0 Å². The molecule has 0 N–H and O–H groups in total. The van der Waals surface area contributed by atoms with E-state index >= 15 is 0 Å². The van der Waals surface area contributed by atoms with Crippen LogP contribution < -0.4 is 0 Å². The van der Waals surface area contributed by atoms with Crippen molar-refractivity contribution in [3.05, 3.63) is 47.3 Å². The lowest BCUT2D eigenvalue weighted by Gasteiger charge is -2.15. The molecule has 0 amide bonds. The standard InChI is InChI=1S/C15H16F2N2O4S/c1-4-23-14(20)15(16,17)13-10(2)18-19(11(13)3)24(21,22)12-8-6-5-7-9-12/h5-9H,4H2,1-3H3. The Kier molecular flexibility index (Phi) is 4.75. The van der Waals surface area contributed by atoms with Crippen LogP contribution in [0.25, 0.3) is 0 Å². The molecule has 1 aromatic carbocycles. The normalized spacial score (nSPS) is 12.2. The fraction of sp³-hybridized carbons (Fsp3) is 0.333. The van der Waals surface area contributed by atoms with Gasteiger partial charge in [0.05, 0.1) is 28.5 Å². The fourth-order valence-electron chi connectivity index (χ4n) is 2.32. The number of halogens is 2. The van der Waals surface area contributed by atoms with Crippen molar-refractivity contribution in [2.75, 3.05) is 6.61 Å². The molecule has 1 heterocycles. The van der Waals surface area contributed by atoms with Crippen LogP contribution in [0.3, 0.4) is 0 Å². The largest absolute Gasteiger partial charge is 0.461 e. The van der Waals surface area contributed by atoms with E-state index < -0.39 is 27.5 Å². The smallest absolute Gasteiger partial charge is 0.382 e. The highest BCUT2D eigenvalue weighted by Gasteiger charge is 2.47. The number of alkyl halides is 2. The summed E-state index contributed by atoms with van der Waals surface area (Å²) in [6.07, 6.45) is 0. The van der Waals surface area contributed by atoms with Gasteiger partial charge in [0.25, 0.3) is 10.0 Å². The lowest BCUT2D eigenvalue weighted by Crippen LogP contribution is -2.29. The first-order valence-electron chi connectivity index (χ1n) is 7.06. The van der Waals surface area contributed by atoms with Gasteiger partial charge in [0.2, 0.25) is 0 Å². The second-order valence-corrected chi connectivity index (χ2v) is 6.77. The molecule has 0 saturated carbocycles. The number of benzene rings is 1. The molecular weight excluding hydrogens is 342 g/mol. The van der Waals surface area contributed by atoms with Crippen molar-refractivity contribution < 1.29 is 26.7 Å². The predicted octanol–water partition coefficient (Wildman–Crippen LogP) is 2.39. The van der Waals surface area contributed by atoms with Crippen molar-refractivity contribution in [1.82, 2.24) is 9.19 Å². The highest BCUT2D eigenvalue weighted by molar-refractivity contribution is 7.89. The van der Waals surface area contributed by atoms with Crippen molar-refractivity contribution in [1.29, 1.82) is 0 Å². The molecule has 0 saturated heterocycles. The molecule has 6 nitrogen and oxygen atoms in total. The summed E-state index contributed by atoms with van der Waals surface area (Å²) in [6.45, 7) is 3.56. The Balaban J connectivity index is 2.61. The van der Waals surface area contributed by atoms with Gasteiger partial charge in [-0.2, -0.15) is 26.4 Å².